The smallest absolute Gasteiger partial charge is 0.178 e. The summed E-state index contributed by atoms with van der Waals surface area (Å²) in [7, 11) is 1.72. The highest BCUT2D eigenvalue weighted by atomic mass is 16.5. The highest BCUT2D eigenvalue weighted by molar-refractivity contribution is 6.09. The molecule has 0 saturated carbocycles. The highest BCUT2D eigenvalue weighted by Crippen LogP contribution is 2.63. The molecule has 2 unspecified atom stereocenters. The third-order valence-corrected chi connectivity index (χ3v) is 13.9. The van der Waals surface area contributed by atoms with E-state index in [0.29, 0.717) is 0 Å². The Balaban J connectivity index is 1.15. The van der Waals surface area contributed by atoms with Gasteiger partial charge in [0.05, 0.1) is 20.3 Å². The Bertz CT molecular complexity index is 2780. The van der Waals surface area contributed by atoms with Crippen LogP contribution in [0.4, 0.5) is 5.69 Å². The molecular formula is C56H49NO3. The van der Waals surface area contributed by atoms with Crippen molar-refractivity contribution in [3.63, 3.8) is 0 Å². The molecule has 0 aromatic heterocycles. The molecular weight excluding hydrogens is 735 g/mol. The van der Waals surface area contributed by atoms with Crippen LogP contribution in [-0.4, -0.2) is 33.4 Å². The van der Waals surface area contributed by atoms with Gasteiger partial charge in [0, 0.05) is 51.7 Å². The number of fused-ring (bicyclic) bond motifs is 10. The van der Waals surface area contributed by atoms with E-state index in [-0.39, 0.29) is 10.8 Å². The van der Waals surface area contributed by atoms with Crippen molar-refractivity contribution in [3.8, 4) is 22.6 Å². The molecule has 0 amide bonds. The van der Waals surface area contributed by atoms with Crippen molar-refractivity contribution in [2.75, 3.05) is 38.3 Å². The number of aryl methyl sites for hydroxylation is 2. The summed E-state index contributed by atoms with van der Waals surface area (Å²) < 4.78 is 19.1. The van der Waals surface area contributed by atoms with E-state index in [1.807, 2.05) is 12.1 Å². The Labute approximate surface area is 353 Å². The average Bonchev–Trinajstić information content (AvgIpc) is 3.58. The molecule has 4 nitrogen and oxygen atoms in total. The number of methoxy groups -OCH3 is 1. The van der Waals surface area contributed by atoms with Gasteiger partial charge in [-0.25, -0.2) is 0 Å². The van der Waals surface area contributed by atoms with Crippen molar-refractivity contribution in [2.45, 2.75) is 43.1 Å². The van der Waals surface area contributed by atoms with Crippen molar-refractivity contribution in [2.24, 2.45) is 0 Å². The van der Waals surface area contributed by atoms with E-state index in [1.165, 1.54) is 61.1 Å². The van der Waals surface area contributed by atoms with Crippen LogP contribution in [0.2, 0.25) is 0 Å². The minimum Gasteiger partial charge on any atom is -0.497 e. The second-order valence-electron chi connectivity index (χ2n) is 17.1. The zero-order valence-electron chi connectivity index (χ0n) is 34.6. The number of rotatable bonds is 6. The molecule has 2 atom stereocenters. The van der Waals surface area contributed by atoms with Gasteiger partial charge in [0.25, 0.3) is 0 Å². The number of nitrogens with zero attached hydrogens (tertiary/aromatic N) is 1. The lowest BCUT2D eigenvalue weighted by atomic mass is 9.60. The van der Waals surface area contributed by atoms with Gasteiger partial charge in [-0.3, -0.25) is 0 Å². The number of ether oxygens (including phenoxy) is 3. The molecule has 0 N–H and O–H groups in total. The minimum atomic E-state index is -0.888. The van der Waals surface area contributed by atoms with E-state index in [0.717, 1.165) is 67.2 Å². The van der Waals surface area contributed by atoms with Crippen LogP contribution >= 0.6 is 0 Å². The van der Waals surface area contributed by atoms with Crippen molar-refractivity contribution in [3.05, 3.63) is 214 Å². The summed E-state index contributed by atoms with van der Waals surface area (Å²) in [5.74, 6) is 1.75. The number of benzene rings is 7. The van der Waals surface area contributed by atoms with Gasteiger partial charge in [-0.2, -0.15) is 0 Å². The topological polar surface area (TPSA) is 30.9 Å². The van der Waals surface area contributed by atoms with Gasteiger partial charge in [0.15, 0.2) is 5.60 Å². The first-order valence-corrected chi connectivity index (χ1v) is 21.4. The molecule has 1 spiro atoms. The summed E-state index contributed by atoms with van der Waals surface area (Å²) in [5, 5.41) is 2.37. The first-order chi connectivity index (χ1) is 29.4. The summed E-state index contributed by atoms with van der Waals surface area (Å²) in [6, 6.07) is 53.6. The summed E-state index contributed by atoms with van der Waals surface area (Å²) in [5.41, 5.74) is 13.5. The molecule has 7 aromatic rings. The fourth-order valence-electron chi connectivity index (χ4n) is 10.8. The van der Waals surface area contributed by atoms with Gasteiger partial charge in [-0.15, -0.1) is 0 Å². The molecule has 7 aromatic carbocycles. The molecule has 4 heteroatoms. The van der Waals surface area contributed by atoms with Crippen molar-refractivity contribution in [1.29, 1.82) is 0 Å². The second kappa shape index (κ2) is 14.1. The van der Waals surface area contributed by atoms with E-state index in [2.05, 4.69) is 177 Å². The lowest BCUT2D eigenvalue weighted by molar-refractivity contribution is 0.122. The number of hydrogen-bond donors (Lipinski definition) is 0. The molecule has 60 heavy (non-hydrogen) atoms. The van der Waals surface area contributed by atoms with E-state index in [4.69, 9.17) is 14.2 Å². The van der Waals surface area contributed by atoms with Crippen molar-refractivity contribution < 1.29 is 14.2 Å². The number of hydrogen-bond acceptors (Lipinski definition) is 4. The average molecular weight is 784 g/mol. The Morgan fingerprint density at radius 3 is 1.85 bits per heavy atom. The first-order valence-electron chi connectivity index (χ1n) is 21.4. The van der Waals surface area contributed by atoms with Crippen LogP contribution < -0.4 is 14.4 Å². The van der Waals surface area contributed by atoms with E-state index in [1.54, 1.807) is 7.11 Å². The second-order valence-corrected chi connectivity index (χ2v) is 17.1. The summed E-state index contributed by atoms with van der Waals surface area (Å²) in [4.78, 5) is 2.40. The predicted molar refractivity (Wildman–Crippen MR) is 245 cm³/mol. The van der Waals surface area contributed by atoms with E-state index < -0.39 is 5.60 Å². The molecule has 2 aliphatic heterocycles. The standard InChI is InChI=1S/C56H49NO3/c1-38-14-24-46-49(36-38)53-48(26-27-56(60-53,43-18-22-45(58-3)23-19-43)42-16-20-44(21-17-42)57-32-34-59-35-33-57)52-51(46)47-25-15-39(2)37-50(47)55(52)30-28-54(29-31-55,40-10-6-4-7-11-40)41-12-8-5-9-13-41/h4-28,30,36-37H,29,31-35H2,1-3H3. The van der Waals surface area contributed by atoms with Gasteiger partial charge in [0.1, 0.15) is 11.5 Å². The largest absolute Gasteiger partial charge is 0.497 e. The van der Waals surface area contributed by atoms with Crippen molar-refractivity contribution in [1.82, 2.24) is 0 Å². The van der Waals surface area contributed by atoms with Gasteiger partial charge < -0.3 is 19.1 Å². The van der Waals surface area contributed by atoms with Crippen LogP contribution in [0.1, 0.15) is 62.9 Å². The minimum absolute atomic E-state index is 0.252. The van der Waals surface area contributed by atoms with Crippen LogP contribution in [-0.2, 0) is 21.2 Å². The molecule has 11 rings (SSSR count). The lowest BCUT2D eigenvalue weighted by Crippen LogP contribution is -2.38. The van der Waals surface area contributed by atoms with Crippen LogP contribution in [0.25, 0.3) is 28.0 Å². The molecule has 0 bridgehead atoms. The molecule has 4 aliphatic rings. The van der Waals surface area contributed by atoms with Crippen molar-refractivity contribution >= 4 is 22.5 Å². The number of anilines is 1. The maximum atomic E-state index is 7.79. The summed E-state index contributed by atoms with van der Waals surface area (Å²) in [6.45, 7) is 7.69. The maximum Gasteiger partial charge on any atom is 0.178 e. The fourth-order valence-corrected chi connectivity index (χ4v) is 10.8. The van der Waals surface area contributed by atoms with Gasteiger partial charge >= 0.3 is 0 Å². The quantitative estimate of drug-likeness (QED) is 0.157. The van der Waals surface area contributed by atoms with E-state index >= 15 is 0 Å². The third-order valence-electron chi connectivity index (χ3n) is 13.9. The lowest BCUT2D eigenvalue weighted by Gasteiger charge is -2.44. The van der Waals surface area contributed by atoms with Crippen LogP contribution in [0.3, 0.4) is 0 Å². The molecule has 1 fully saturated rings. The maximum absolute atomic E-state index is 7.79. The molecule has 0 radical (unpaired) electrons. The molecule has 1 saturated heterocycles. The summed E-state index contributed by atoms with van der Waals surface area (Å²) >= 11 is 0. The predicted octanol–water partition coefficient (Wildman–Crippen LogP) is 12.3. The Morgan fingerprint density at radius 1 is 0.583 bits per heavy atom. The van der Waals surface area contributed by atoms with E-state index in [9.17, 15) is 0 Å². The Hall–Kier alpha value is -6.36. The Kier molecular flexibility index (Phi) is 8.65. The molecule has 296 valence electrons. The van der Waals surface area contributed by atoms with Crippen LogP contribution in [0.15, 0.2) is 164 Å². The normalized spacial score (nSPS) is 21.0. The van der Waals surface area contributed by atoms with Crippen LogP contribution in [0, 0.1) is 13.8 Å². The van der Waals surface area contributed by atoms with Crippen LogP contribution in [0.5, 0.6) is 11.5 Å². The number of morpholine rings is 1. The Morgan fingerprint density at radius 2 is 1.20 bits per heavy atom. The fraction of sp³-hybridized carbons (Fsp3) is 0.214. The molecule has 2 heterocycles. The monoisotopic (exact) mass is 783 g/mol. The molecule has 2 aliphatic carbocycles. The first kappa shape index (κ1) is 36.7. The van der Waals surface area contributed by atoms with Gasteiger partial charge in [-0.05, 0) is 102 Å². The third kappa shape index (κ3) is 5.54. The van der Waals surface area contributed by atoms with Gasteiger partial charge in [-0.1, -0.05) is 145 Å². The van der Waals surface area contributed by atoms with Gasteiger partial charge in [0.2, 0.25) is 0 Å². The highest BCUT2D eigenvalue weighted by Gasteiger charge is 2.51. The zero-order valence-corrected chi connectivity index (χ0v) is 34.6. The zero-order chi connectivity index (χ0) is 40.5. The summed E-state index contributed by atoms with van der Waals surface area (Å²) in [6.07, 6.45) is 11.7. The number of allylic oxidation sites excluding steroid dienone is 2. The SMILES string of the molecule is COc1ccc(C2(c3ccc(N4CCOCC4)cc3)C=Cc3c4c(c5ccc(C)cc5c3O2)-c2ccc(C)cc2C42C=CC(c3ccccc3)(c3ccccc3)CC2)cc1.